The van der Waals surface area contributed by atoms with E-state index >= 15 is 0 Å². The topological polar surface area (TPSA) is 107 Å². The number of nitro groups is 1. The van der Waals surface area contributed by atoms with Crippen LogP contribution in [0.4, 0.5) is 11.4 Å². The summed E-state index contributed by atoms with van der Waals surface area (Å²) in [6, 6.07) is 6.06. The Morgan fingerprint density at radius 3 is 2.93 bits per heavy atom. The quantitative estimate of drug-likeness (QED) is 0.508. The Balaban J connectivity index is 1.65. The zero-order valence-electron chi connectivity index (χ0n) is 15.6. The zero-order chi connectivity index (χ0) is 19.8. The van der Waals surface area contributed by atoms with Gasteiger partial charge in [-0.3, -0.25) is 19.6 Å². The number of hydrogen-bond acceptors (Lipinski definition) is 6. The molecular weight excluding hydrogens is 362 g/mol. The smallest absolute Gasteiger partial charge is 0.307 e. The third-order valence-corrected chi connectivity index (χ3v) is 4.94. The molecule has 0 unspecified atom stereocenters. The van der Waals surface area contributed by atoms with E-state index in [-0.39, 0.29) is 23.8 Å². The number of benzene rings is 1. The Hall–Kier alpha value is -3.49. The van der Waals surface area contributed by atoms with E-state index in [9.17, 15) is 14.9 Å². The van der Waals surface area contributed by atoms with Gasteiger partial charge in [0.15, 0.2) is 5.69 Å². The van der Waals surface area contributed by atoms with E-state index in [2.05, 4.69) is 16.3 Å². The van der Waals surface area contributed by atoms with E-state index in [0.29, 0.717) is 17.9 Å². The first-order valence-electron chi connectivity index (χ1n) is 8.97. The first kappa shape index (κ1) is 17.9. The van der Waals surface area contributed by atoms with Gasteiger partial charge in [-0.05, 0) is 38.3 Å². The fraction of sp³-hybridized carbons (Fsp3) is 0.316. The number of aryl methyl sites for hydroxylation is 3. The average molecular weight is 381 g/mol. The van der Waals surface area contributed by atoms with Gasteiger partial charge in [-0.15, -0.1) is 0 Å². The molecule has 4 rings (SSSR count). The Bertz CT molecular complexity index is 1070. The lowest BCUT2D eigenvalue weighted by Crippen LogP contribution is -2.36. The van der Waals surface area contributed by atoms with Crippen LogP contribution in [0.3, 0.4) is 0 Å². The van der Waals surface area contributed by atoms with Gasteiger partial charge in [0.25, 0.3) is 5.91 Å². The van der Waals surface area contributed by atoms with Crippen LogP contribution in [-0.4, -0.2) is 32.3 Å². The molecule has 1 amide bonds. The maximum Gasteiger partial charge on any atom is 0.307 e. The molecule has 0 N–H and O–H groups in total. The predicted molar refractivity (Wildman–Crippen MR) is 100 cm³/mol. The van der Waals surface area contributed by atoms with E-state index in [1.54, 1.807) is 11.8 Å². The van der Waals surface area contributed by atoms with E-state index in [1.165, 1.54) is 17.1 Å². The van der Waals surface area contributed by atoms with E-state index in [4.69, 9.17) is 4.52 Å². The van der Waals surface area contributed by atoms with Crippen LogP contribution in [0.15, 0.2) is 35.1 Å². The maximum absolute atomic E-state index is 13.3. The fourth-order valence-corrected chi connectivity index (χ4v) is 3.51. The van der Waals surface area contributed by atoms with Gasteiger partial charge >= 0.3 is 5.69 Å². The molecule has 0 fully saturated rings. The largest absolute Gasteiger partial charge is 0.361 e. The summed E-state index contributed by atoms with van der Waals surface area (Å²) in [5.41, 5.74) is 3.87. The van der Waals surface area contributed by atoms with Crippen molar-refractivity contribution in [3.05, 3.63) is 68.9 Å². The van der Waals surface area contributed by atoms with Crippen molar-refractivity contribution in [3.8, 4) is 0 Å². The molecule has 9 nitrogen and oxygen atoms in total. The summed E-state index contributed by atoms with van der Waals surface area (Å²) in [5.74, 6) is 0.251. The molecule has 0 bridgehead atoms. The Morgan fingerprint density at radius 1 is 1.36 bits per heavy atom. The molecule has 0 atom stereocenters. The highest BCUT2D eigenvalue weighted by molar-refractivity contribution is 6.06. The van der Waals surface area contributed by atoms with Crippen LogP contribution in [0.5, 0.6) is 0 Å². The van der Waals surface area contributed by atoms with Crippen LogP contribution in [0.25, 0.3) is 0 Å². The van der Waals surface area contributed by atoms with Gasteiger partial charge in [0.2, 0.25) is 0 Å². The van der Waals surface area contributed by atoms with E-state index < -0.39 is 4.92 Å². The number of fused-ring (bicyclic) bond motifs is 1. The average Bonchev–Trinajstić information content (AvgIpc) is 3.28. The number of nitrogens with zero attached hydrogens (tertiary/aromatic N) is 5. The summed E-state index contributed by atoms with van der Waals surface area (Å²) in [4.78, 5) is 25.3. The highest BCUT2D eigenvalue weighted by Gasteiger charge is 2.29. The monoisotopic (exact) mass is 381 g/mol. The first-order valence-corrected chi connectivity index (χ1v) is 8.97. The highest BCUT2D eigenvalue weighted by Crippen LogP contribution is 2.30. The number of carbonyl (C=O) groups is 1. The van der Waals surface area contributed by atoms with Gasteiger partial charge < -0.3 is 9.42 Å². The summed E-state index contributed by atoms with van der Waals surface area (Å²) in [7, 11) is 0. The van der Waals surface area contributed by atoms with Crippen LogP contribution in [-0.2, 0) is 13.0 Å². The maximum atomic E-state index is 13.3. The minimum absolute atomic E-state index is 0.109. The number of anilines is 1. The van der Waals surface area contributed by atoms with Gasteiger partial charge in [0.1, 0.15) is 18.2 Å². The number of hydrogen-bond donors (Lipinski definition) is 0. The van der Waals surface area contributed by atoms with Crippen LogP contribution >= 0.6 is 0 Å². The molecule has 2 aromatic heterocycles. The zero-order valence-corrected chi connectivity index (χ0v) is 15.6. The molecule has 1 aliphatic heterocycles. The second-order valence-corrected chi connectivity index (χ2v) is 6.91. The second kappa shape index (κ2) is 6.91. The summed E-state index contributed by atoms with van der Waals surface area (Å²) in [6.07, 6.45) is 4.30. The Labute approximate surface area is 160 Å². The lowest BCUT2D eigenvalue weighted by atomic mass is 9.99. The van der Waals surface area contributed by atoms with Crippen molar-refractivity contribution < 1.29 is 14.2 Å². The summed E-state index contributed by atoms with van der Waals surface area (Å²) in [6.45, 7) is 4.51. The van der Waals surface area contributed by atoms with Gasteiger partial charge in [0.05, 0.1) is 11.5 Å². The Kier molecular flexibility index (Phi) is 4.42. The lowest BCUT2D eigenvalue weighted by Gasteiger charge is -2.29. The first-order chi connectivity index (χ1) is 13.4. The van der Waals surface area contributed by atoms with Crippen molar-refractivity contribution >= 4 is 17.3 Å². The lowest BCUT2D eigenvalue weighted by molar-refractivity contribution is -0.385. The number of rotatable bonds is 4. The van der Waals surface area contributed by atoms with Crippen LogP contribution in [0, 0.1) is 24.0 Å². The second-order valence-electron chi connectivity index (χ2n) is 6.91. The molecule has 3 aromatic rings. The van der Waals surface area contributed by atoms with Gasteiger partial charge in [-0.25, -0.2) is 0 Å². The molecule has 144 valence electrons. The summed E-state index contributed by atoms with van der Waals surface area (Å²) in [5, 5.41) is 18.8. The van der Waals surface area contributed by atoms with Crippen molar-refractivity contribution in [2.75, 3.05) is 11.4 Å². The van der Waals surface area contributed by atoms with E-state index in [0.717, 1.165) is 29.7 Å². The molecule has 0 aliphatic carbocycles. The van der Waals surface area contributed by atoms with Crippen molar-refractivity contribution in [1.82, 2.24) is 14.9 Å². The van der Waals surface area contributed by atoms with Crippen LogP contribution in [0.2, 0.25) is 0 Å². The third-order valence-electron chi connectivity index (χ3n) is 4.94. The minimum Gasteiger partial charge on any atom is -0.361 e. The number of aromatic nitrogens is 3. The molecular formula is C19H19N5O4. The van der Waals surface area contributed by atoms with Crippen molar-refractivity contribution in [1.29, 1.82) is 0 Å². The third kappa shape index (κ3) is 3.15. The standard InChI is InChI=1S/C19H19N5O4/c1-12-5-6-17-14(8-12)4-3-7-23(17)19(25)18-16(13(2)28-21-18)11-22-10-15(9-20-22)24(26)27/h5-6,8-10H,3-4,7,11H2,1-2H3. The summed E-state index contributed by atoms with van der Waals surface area (Å²) >= 11 is 0. The molecule has 0 saturated carbocycles. The normalized spacial score (nSPS) is 13.4. The minimum atomic E-state index is -0.511. The molecule has 9 heteroatoms. The molecule has 1 aliphatic rings. The number of carbonyl (C=O) groups excluding carboxylic acids is 1. The molecule has 0 radical (unpaired) electrons. The highest BCUT2D eigenvalue weighted by atomic mass is 16.6. The van der Waals surface area contributed by atoms with Gasteiger partial charge in [0, 0.05) is 17.8 Å². The molecule has 0 spiro atoms. The predicted octanol–water partition coefficient (Wildman–Crippen LogP) is 3.04. The van der Waals surface area contributed by atoms with Crippen molar-refractivity contribution in [2.24, 2.45) is 0 Å². The SMILES string of the molecule is Cc1ccc2c(c1)CCCN2C(=O)c1noc(C)c1Cn1cc([N+](=O)[O-])cn1. The molecule has 1 aromatic carbocycles. The van der Waals surface area contributed by atoms with Crippen molar-refractivity contribution in [3.63, 3.8) is 0 Å². The molecule has 0 saturated heterocycles. The summed E-state index contributed by atoms with van der Waals surface area (Å²) < 4.78 is 6.67. The molecule has 28 heavy (non-hydrogen) atoms. The van der Waals surface area contributed by atoms with Gasteiger partial charge in [-0.1, -0.05) is 22.9 Å². The Morgan fingerprint density at radius 2 is 2.18 bits per heavy atom. The van der Waals surface area contributed by atoms with Gasteiger partial charge in [-0.2, -0.15) is 5.10 Å². The van der Waals surface area contributed by atoms with Crippen molar-refractivity contribution in [2.45, 2.75) is 33.2 Å². The van der Waals surface area contributed by atoms with Crippen LogP contribution < -0.4 is 4.90 Å². The molecule has 3 heterocycles. The fourth-order valence-electron chi connectivity index (χ4n) is 3.51. The number of amides is 1. The van der Waals surface area contributed by atoms with Crippen LogP contribution in [0.1, 0.15) is 39.4 Å². The van der Waals surface area contributed by atoms with E-state index in [1.807, 2.05) is 19.1 Å².